The summed E-state index contributed by atoms with van der Waals surface area (Å²) in [4.78, 5) is 6.48. The fraction of sp³-hybridized carbons (Fsp3) is 0.400. The summed E-state index contributed by atoms with van der Waals surface area (Å²) in [5, 5.41) is 6.48. The minimum atomic E-state index is 0.402. The number of aromatic nitrogens is 1. The van der Waals surface area contributed by atoms with E-state index in [4.69, 9.17) is 0 Å². The van der Waals surface area contributed by atoms with Crippen LogP contribution >= 0.6 is 23.1 Å². The van der Waals surface area contributed by atoms with Gasteiger partial charge >= 0.3 is 0 Å². The van der Waals surface area contributed by atoms with Crippen LogP contribution in [-0.4, -0.2) is 24.3 Å². The molecule has 1 N–H and O–H groups in total. The molecule has 0 aliphatic carbocycles. The molecule has 3 nitrogen and oxygen atoms in total. The van der Waals surface area contributed by atoms with Crippen LogP contribution in [-0.2, 0) is 0 Å². The van der Waals surface area contributed by atoms with Crippen molar-refractivity contribution in [2.45, 2.75) is 28.8 Å². The highest BCUT2D eigenvalue weighted by molar-refractivity contribution is 8.01. The minimum Gasteiger partial charge on any atom is -0.377 e. The molecule has 2 aromatic heterocycles. The van der Waals surface area contributed by atoms with Gasteiger partial charge in [0.2, 0.25) is 0 Å². The quantitative estimate of drug-likeness (QED) is 0.918. The van der Waals surface area contributed by atoms with Crippen LogP contribution in [0.3, 0.4) is 0 Å². The molecule has 0 amide bonds. The Kier molecular flexibility index (Phi) is 3.89. The molecule has 3 heterocycles. The summed E-state index contributed by atoms with van der Waals surface area (Å²) in [5.74, 6) is 0.986. The monoisotopic (exact) mass is 305 g/mol. The Labute approximate surface area is 128 Å². The summed E-state index contributed by atoms with van der Waals surface area (Å²) >= 11 is 3.85. The fourth-order valence-corrected chi connectivity index (χ4v) is 4.99. The van der Waals surface area contributed by atoms with Crippen molar-refractivity contribution in [1.29, 1.82) is 0 Å². The summed E-state index contributed by atoms with van der Waals surface area (Å²) in [7, 11) is 4.01. The number of fused-ring (bicyclic) bond motifs is 1. The van der Waals surface area contributed by atoms with Crippen molar-refractivity contribution < 1.29 is 0 Å². The van der Waals surface area contributed by atoms with Crippen molar-refractivity contribution in [3.63, 3.8) is 0 Å². The molecule has 1 aliphatic rings. The molecule has 0 saturated heterocycles. The lowest BCUT2D eigenvalue weighted by Gasteiger charge is -2.28. The number of thioether (sulfide) groups is 1. The van der Waals surface area contributed by atoms with Gasteiger partial charge < -0.3 is 10.2 Å². The molecular formula is C15H19N3S2. The summed E-state index contributed by atoms with van der Waals surface area (Å²) in [6.07, 6.45) is 3.08. The van der Waals surface area contributed by atoms with Crippen LogP contribution in [0.15, 0.2) is 34.0 Å². The Morgan fingerprint density at radius 3 is 2.85 bits per heavy atom. The zero-order valence-corrected chi connectivity index (χ0v) is 13.6. The Balaban J connectivity index is 1.78. The summed E-state index contributed by atoms with van der Waals surface area (Å²) in [5.41, 5.74) is 2.53. The summed E-state index contributed by atoms with van der Waals surface area (Å²) < 4.78 is 1.46. The van der Waals surface area contributed by atoms with Gasteiger partial charge in [-0.15, -0.1) is 23.1 Å². The standard InChI is InChI=1S/C15H19N3S2/c1-10-8-13(12-6-7-19-15(12)20-10)17-11-4-5-14(16-9-11)18(2)3/h4-7,9-10,13,17H,8H2,1-3H3/t10-,13?/m0/s1. The van der Waals surface area contributed by atoms with Crippen LogP contribution in [0.2, 0.25) is 0 Å². The second-order valence-corrected chi connectivity index (χ2v) is 7.95. The van der Waals surface area contributed by atoms with Crippen LogP contribution in [0.4, 0.5) is 11.5 Å². The highest BCUT2D eigenvalue weighted by Crippen LogP contribution is 2.44. The first-order chi connectivity index (χ1) is 9.63. The molecule has 1 unspecified atom stereocenters. The van der Waals surface area contributed by atoms with Crippen molar-refractivity contribution >= 4 is 34.6 Å². The Bertz CT molecular complexity index is 577. The van der Waals surface area contributed by atoms with E-state index in [0.29, 0.717) is 11.3 Å². The van der Waals surface area contributed by atoms with Gasteiger partial charge in [0.05, 0.1) is 22.1 Å². The second-order valence-electron chi connectivity index (χ2n) is 5.32. The lowest BCUT2D eigenvalue weighted by Crippen LogP contribution is -2.19. The van der Waals surface area contributed by atoms with Gasteiger partial charge in [0.1, 0.15) is 5.82 Å². The van der Waals surface area contributed by atoms with Gasteiger partial charge in [-0.05, 0) is 35.6 Å². The lowest BCUT2D eigenvalue weighted by atomic mass is 10.0. The third kappa shape index (κ3) is 2.79. The van der Waals surface area contributed by atoms with Crippen molar-refractivity contribution in [2.24, 2.45) is 0 Å². The number of rotatable bonds is 3. The maximum Gasteiger partial charge on any atom is 0.128 e. The Morgan fingerprint density at radius 2 is 2.15 bits per heavy atom. The lowest BCUT2D eigenvalue weighted by molar-refractivity contribution is 0.669. The molecule has 106 valence electrons. The molecule has 0 spiro atoms. The van der Waals surface area contributed by atoms with Gasteiger partial charge in [-0.1, -0.05) is 6.92 Å². The Hall–Kier alpha value is -1.20. The van der Waals surface area contributed by atoms with Gasteiger partial charge in [-0.3, -0.25) is 0 Å². The maximum atomic E-state index is 4.47. The number of hydrogen-bond donors (Lipinski definition) is 1. The molecule has 0 bridgehead atoms. The van der Waals surface area contributed by atoms with E-state index in [1.54, 1.807) is 0 Å². The minimum absolute atomic E-state index is 0.402. The van der Waals surface area contributed by atoms with Gasteiger partial charge in [-0.25, -0.2) is 4.98 Å². The molecule has 2 aromatic rings. The average Bonchev–Trinajstić information content (AvgIpc) is 2.87. The highest BCUT2D eigenvalue weighted by Gasteiger charge is 2.26. The Morgan fingerprint density at radius 1 is 1.30 bits per heavy atom. The average molecular weight is 305 g/mol. The SMILES string of the molecule is C[C@H]1CC(Nc2ccc(N(C)C)nc2)c2ccsc2S1. The number of nitrogens with one attached hydrogen (secondary N) is 1. The number of thiophene rings is 1. The smallest absolute Gasteiger partial charge is 0.128 e. The van der Waals surface area contributed by atoms with E-state index < -0.39 is 0 Å². The van der Waals surface area contributed by atoms with Crippen LogP contribution in [0.1, 0.15) is 24.9 Å². The van der Waals surface area contributed by atoms with Crippen molar-refractivity contribution in [2.75, 3.05) is 24.3 Å². The third-order valence-electron chi connectivity index (χ3n) is 3.46. The molecule has 0 saturated carbocycles. The number of nitrogens with zero attached hydrogens (tertiary/aromatic N) is 2. The van der Waals surface area contributed by atoms with E-state index >= 15 is 0 Å². The first-order valence-electron chi connectivity index (χ1n) is 6.77. The zero-order valence-electron chi connectivity index (χ0n) is 12.0. The predicted octanol–water partition coefficient (Wildman–Crippen LogP) is 4.25. The highest BCUT2D eigenvalue weighted by atomic mass is 32.2. The third-order valence-corrected chi connectivity index (χ3v) is 5.80. The summed E-state index contributed by atoms with van der Waals surface area (Å²) in [6, 6.07) is 6.82. The predicted molar refractivity (Wildman–Crippen MR) is 89.2 cm³/mol. The molecule has 20 heavy (non-hydrogen) atoms. The van der Waals surface area contributed by atoms with E-state index in [9.17, 15) is 0 Å². The van der Waals surface area contributed by atoms with E-state index in [1.807, 2.05) is 48.3 Å². The zero-order chi connectivity index (χ0) is 14.1. The van der Waals surface area contributed by atoms with Crippen molar-refractivity contribution in [3.8, 4) is 0 Å². The van der Waals surface area contributed by atoms with Crippen LogP contribution in [0, 0.1) is 0 Å². The van der Waals surface area contributed by atoms with Gasteiger partial charge in [0.15, 0.2) is 0 Å². The molecule has 2 atom stereocenters. The molecule has 1 aliphatic heterocycles. The maximum absolute atomic E-state index is 4.47. The first-order valence-corrected chi connectivity index (χ1v) is 8.53. The number of hydrogen-bond acceptors (Lipinski definition) is 5. The van der Waals surface area contributed by atoms with E-state index in [-0.39, 0.29) is 0 Å². The number of anilines is 2. The normalized spacial score (nSPS) is 21.4. The molecule has 3 rings (SSSR count). The molecule has 5 heteroatoms. The summed E-state index contributed by atoms with van der Waals surface area (Å²) in [6.45, 7) is 2.30. The van der Waals surface area contributed by atoms with Gasteiger partial charge in [0.25, 0.3) is 0 Å². The van der Waals surface area contributed by atoms with E-state index in [1.165, 1.54) is 9.77 Å². The van der Waals surface area contributed by atoms with E-state index in [0.717, 1.165) is 17.9 Å². The molecule has 0 fully saturated rings. The van der Waals surface area contributed by atoms with E-state index in [2.05, 4.69) is 40.8 Å². The molecule has 0 radical (unpaired) electrons. The van der Waals surface area contributed by atoms with Crippen molar-refractivity contribution in [1.82, 2.24) is 4.98 Å². The number of pyridine rings is 1. The topological polar surface area (TPSA) is 28.2 Å². The fourth-order valence-electron chi connectivity index (χ4n) is 2.42. The largest absolute Gasteiger partial charge is 0.377 e. The molecule has 0 aromatic carbocycles. The molecular weight excluding hydrogens is 286 g/mol. The van der Waals surface area contributed by atoms with Crippen molar-refractivity contribution in [3.05, 3.63) is 35.3 Å². The van der Waals surface area contributed by atoms with Crippen LogP contribution in [0.25, 0.3) is 0 Å². The van der Waals surface area contributed by atoms with Gasteiger partial charge in [0, 0.05) is 19.3 Å². The van der Waals surface area contributed by atoms with Gasteiger partial charge in [-0.2, -0.15) is 0 Å². The first kappa shape index (κ1) is 13.8. The second kappa shape index (κ2) is 5.66. The van der Waals surface area contributed by atoms with Crippen LogP contribution < -0.4 is 10.2 Å². The van der Waals surface area contributed by atoms with Crippen LogP contribution in [0.5, 0.6) is 0 Å².